The second-order valence-electron chi connectivity index (χ2n) is 13.8. The SMILES string of the molecule is CCN(CC1CC1)[C@@H]1C(=O)c2ccc(N3CCN(C(C)(C)COC(C)(C)C)CC3)cc2[C@](C)(CC)[C@H]1C. The van der Waals surface area contributed by atoms with Crippen LogP contribution < -0.4 is 4.90 Å². The third kappa shape index (κ3) is 5.94. The Balaban J connectivity index is 1.52. The van der Waals surface area contributed by atoms with Crippen molar-refractivity contribution in [2.24, 2.45) is 11.8 Å². The smallest absolute Gasteiger partial charge is 0.180 e. The van der Waals surface area contributed by atoms with E-state index in [0.29, 0.717) is 11.7 Å². The number of Topliss-reactive ketones (excluding diaryl/α,β-unsaturated/α-hetero) is 1. The number of benzene rings is 1. The summed E-state index contributed by atoms with van der Waals surface area (Å²) in [5.74, 6) is 1.43. The molecule has 0 radical (unpaired) electrons. The Morgan fingerprint density at radius 3 is 2.24 bits per heavy atom. The summed E-state index contributed by atoms with van der Waals surface area (Å²) in [4.78, 5) is 21.5. The number of fused-ring (bicyclic) bond motifs is 1. The zero-order valence-electron chi connectivity index (χ0n) is 25.2. The van der Waals surface area contributed by atoms with Gasteiger partial charge in [0.15, 0.2) is 5.78 Å². The fraction of sp³-hybridized carbons (Fsp3) is 0.781. The van der Waals surface area contributed by atoms with Crippen molar-refractivity contribution < 1.29 is 9.53 Å². The van der Waals surface area contributed by atoms with Gasteiger partial charge in [0, 0.05) is 49.5 Å². The Bertz CT molecular complexity index is 955. The van der Waals surface area contributed by atoms with Gasteiger partial charge >= 0.3 is 0 Å². The second kappa shape index (κ2) is 10.6. The number of carbonyl (C=O) groups excluding carboxylic acids is 1. The lowest BCUT2D eigenvalue weighted by atomic mass is 9.61. The summed E-state index contributed by atoms with van der Waals surface area (Å²) < 4.78 is 6.14. The van der Waals surface area contributed by atoms with Crippen LogP contribution in [0.5, 0.6) is 0 Å². The molecule has 2 fully saturated rings. The second-order valence-corrected chi connectivity index (χ2v) is 13.8. The minimum atomic E-state index is -0.117. The van der Waals surface area contributed by atoms with E-state index in [9.17, 15) is 4.79 Å². The van der Waals surface area contributed by atoms with Crippen molar-refractivity contribution in [1.82, 2.24) is 9.80 Å². The first-order valence-corrected chi connectivity index (χ1v) is 14.9. The van der Waals surface area contributed by atoms with Crippen molar-refractivity contribution in [3.05, 3.63) is 29.3 Å². The molecule has 0 amide bonds. The van der Waals surface area contributed by atoms with E-state index >= 15 is 0 Å². The number of rotatable bonds is 9. The maximum Gasteiger partial charge on any atom is 0.180 e. The minimum absolute atomic E-state index is 0.00464. The summed E-state index contributed by atoms with van der Waals surface area (Å²) in [7, 11) is 0. The number of anilines is 1. The highest BCUT2D eigenvalue weighted by atomic mass is 16.5. The molecule has 1 saturated carbocycles. The van der Waals surface area contributed by atoms with Gasteiger partial charge in [-0.15, -0.1) is 0 Å². The first kappa shape index (κ1) is 28.6. The van der Waals surface area contributed by atoms with Gasteiger partial charge < -0.3 is 9.64 Å². The number of likely N-dealkylation sites (N-methyl/N-ethyl adjacent to an activating group) is 1. The van der Waals surface area contributed by atoms with E-state index in [0.717, 1.165) is 63.8 Å². The molecule has 1 aromatic carbocycles. The van der Waals surface area contributed by atoms with Crippen LogP contribution in [-0.4, -0.2) is 78.6 Å². The van der Waals surface area contributed by atoms with Crippen molar-refractivity contribution in [2.45, 2.75) is 104 Å². The zero-order valence-corrected chi connectivity index (χ0v) is 25.2. The first-order valence-electron chi connectivity index (χ1n) is 14.9. The number of carbonyl (C=O) groups is 1. The van der Waals surface area contributed by atoms with Gasteiger partial charge in [-0.2, -0.15) is 0 Å². The Kier molecular flexibility index (Phi) is 8.20. The summed E-state index contributed by atoms with van der Waals surface area (Å²) in [5.41, 5.74) is 3.39. The maximum atomic E-state index is 13.9. The van der Waals surface area contributed by atoms with Gasteiger partial charge in [0.25, 0.3) is 0 Å². The van der Waals surface area contributed by atoms with Crippen molar-refractivity contribution in [3.8, 4) is 0 Å². The molecular weight excluding hydrogens is 458 g/mol. The van der Waals surface area contributed by atoms with Crippen LogP contribution in [0.2, 0.25) is 0 Å². The molecule has 3 aliphatic rings. The predicted octanol–water partition coefficient (Wildman–Crippen LogP) is 6.00. The molecule has 208 valence electrons. The number of piperazine rings is 1. The van der Waals surface area contributed by atoms with Gasteiger partial charge in [-0.1, -0.05) is 27.7 Å². The predicted molar refractivity (Wildman–Crippen MR) is 155 cm³/mol. The van der Waals surface area contributed by atoms with Crippen molar-refractivity contribution in [1.29, 1.82) is 0 Å². The summed E-state index contributed by atoms with van der Waals surface area (Å²) in [6.45, 7) is 27.0. The fourth-order valence-corrected chi connectivity index (χ4v) is 6.52. The van der Waals surface area contributed by atoms with E-state index < -0.39 is 0 Å². The van der Waals surface area contributed by atoms with E-state index in [-0.39, 0.29) is 22.6 Å². The van der Waals surface area contributed by atoms with Crippen LogP contribution in [0.1, 0.15) is 97.5 Å². The maximum absolute atomic E-state index is 13.9. The molecular formula is C32H53N3O2. The average Bonchev–Trinajstić information content (AvgIpc) is 3.69. The summed E-state index contributed by atoms with van der Waals surface area (Å²) in [6.07, 6.45) is 3.70. The van der Waals surface area contributed by atoms with Crippen LogP contribution >= 0.6 is 0 Å². The third-order valence-corrected chi connectivity index (χ3v) is 9.71. The molecule has 3 atom stereocenters. The minimum Gasteiger partial charge on any atom is -0.374 e. The van der Waals surface area contributed by atoms with Gasteiger partial charge in [0.2, 0.25) is 0 Å². The number of ether oxygens (including phenoxy) is 1. The standard InChI is InChI=1S/C32H53N3O2/c1-10-32(9)23(3)28(33(11-2)21-24-12-13-24)29(36)26-15-14-25(20-27(26)32)34-16-18-35(19-17-34)31(7,8)22-37-30(4,5)6/h14-15,20,23-24,28H,10-13,16-19,21-22H2,1-9H3/t23-,28-,32+/m0/s1. The molecule has 5 nitrogen and oxygen atoms in total. The molecule has 2 aliphatic carbocycles. The summed E-state index contributed by atoms with van der Waals surface area (Å²) >= 11 is 0. The Morgan fingerprint density at radius 2 is 1.70 bits per heavy atom. The third-order valence-electron chi connectivity index (χ3n) is 9.71. The molecule has 1 heterocycles. The van der Waals surface area contributed by atoms with Gasteiger partial charge in [-0.3, -0.25) is 14.6 Å². The highest BCUT2D eigenvalue weighted by Crippen LogP contribution is 2.47. The summed E-state index contributed by atoms with van der Waals surface area (Å²) in [5, 5.41) is 0. The van der Waals surface area contributed by atoms with Crippen molar-refractivity contribution >= 4 is 11.5 Å². The molecule has 0 unspecified atom stereocenters. The molecule has 1 aromatic rings. The molecule has 1 aliphatic heterocycles. The Labute approximate surface area is 226 Å². The van der Waals surface area contributed by atoms with Crippen LogP contribution in [0, 0.1) is 11.8 Å². The highest BCUT2D eigenvalue weighted by molar-refractivity contribution is 6.03. The zero-order chi connectivity index (χ0) is 27.2. The lowest BCUT2D eigenvalue weighted by Crippen LogP contribution is -2.57. The fourth-order valence-electron chi connectivity index (χ4n) is 6.52. The van der Waals surface area contributed by atoms with Crippen molar-refractivity contribution in [3.63, 3.8) is 0 Å². The molecule has 5 heteroatoms. The number of nitrogens with zero attached hydrogens (tertiary/aromatic N) is 3. The van der Waals surface area contributed by atoms with Gasteiger partial charge in [0.05, 0.1) is 18.2 Å². The van der Waals surface area contributed by atoms with E-state index in [1.807, 2.05) is 0 Å². The molecule has 0 bridgehead atoms. The van der Waals surface area contributed by atoms with Crippen LogP contribution in [0.3, 0.4) is 0 Å². The highest BCUT2D eigenvalue weighted by Gasteiger charge is 2.49. The quantitative estimate of drug-likeness (QED) is 0.406. The van der Waals surface area contributed by atoms with Gasteiger partial charge in [0.1, 0.15) is 0 Å². The monoisotopic (exact) mass is 511 g/mol. The normalized spacial score (nSPS) is 27.6. The molecule has 1 saturated heterocycles. The van der Waals surface area contributed by atoms with Crippen LogP contribution in [-0.2, 0) is 10.2 Å². The molecule has 0 N–H and O–H groups in total. The Hall–Kier alpha value is -1.43. The van der Waals surface area contributed by atoms with E-state index in [1.54, 1.807) is 0 Å². The lowest BCUT2D eigenvalue weighted by molar-refractivity contribution is -0.0629. The van der Waals surface area contributed by atoms with Crippen LogP contribution in [0.15, 0.2) is 18.2 Å². The topological polar surface area (TPSA) is 36.0 Å². The molecule has 0 spiro atoms. The van der Waals surface area contributed by atoms with Gasteiger partial charge in [-0.05, 0) is 101 Å². The largest absolute Gasteiger partial charge is 0.374 e. The average molecular weight is 512 g/mol. The number of hydrogen-bond donors (Lipinski definition) is 0. The summed E-state index contributed by atoms with van der Waals surface area (Å²) in [6, 6.07) is 6.72. The number of ketones is 1. The molecule has 4 rings (SSSR count). The van der Waals surface area contributed by atoms with E-state index in [2.05, 4.69) is 95.2 Å². The van der Waals surface area contributed by atoms with Crippen LogP contribution in [0.25, 0.3) is 0 Å². The molecule has 0 aromatic heterocycles. The van der Waals surface area contributed by atoms with Crippen LogP contribution in [0.4, 0.5) is 5.69 Å². The first-order chi connectivity index (χ1) is 17.3. The number of hydrogen-bond acceptors (Lipinski definition) is 5. The Morgan fingerprint density at radius 1 is 1.05 bits per heavy atom. The van der Waals surface area contributed by atoms with Gasteiger partial charge in [-0.25, -0.2) is 0 Å². The van der Waals surface area contributed by atoms with E-state index in [1.165, 1.54) is 24.1 Å². The van der Waals surface area contributed by atoms with E-state index in [4.69, 9.17) is 4.74 Å². The molecule has 37 heavy (non-hydrogen) atoms. The van der Waals surface area contributed by atoms with Crippen molar-refractivity contribution in [2.75, 3.05) is 50.8 Å². The lowest BCUT2D eigenvalue weighted by Gasteiger charge is -2.49.